The molecule has 0 radical (unpaired) electrons. The van der Waals surface area contributed by atoms with Crippen molar-refractivity contribution in [1.29, 1.82) is 0 Å². The van der Waals surface area contributed by atoms with Crippen LogP contribution in [-0.4, -0.2) is 23.5 Å². The zero-order valence-electron chi connectivity index (χ0n) is 12.2. The Morgan fingerprint density at radius 1 is 1.27 bits per heavy atom. The molecule has 1 aromatic carbocycles. The number of ether oxygens (including phenoxy) is 1. The second-order valence-corrected chi connectivity index (χ2v) is 5.47. The normalized spacial score (nSPS) is 15.1. The number of carbonyl (C=O) groups excluding carboxylic acids is 1. The maximum Gasteiger partial charge on any atom is 0.251 e. The van der Waals surface area contributed by atoms with Crippen molar-refractivity contribution < 1.29 is 9.53 Å². The molecule has 0 aliphatic heterocycles. The van der Waals surface area contributed by atoms with Crippen molar-refractivity contribution in [3.05, 3.63) is 54.4 Å². The molecule has 1 amide bonds. The first-order chi connectivity index (χ1) is 10.8. The fraction of sp³-hybridized carbons (Fsp3) is 0.294. The summed E-state index contributed by atoms with van der Waals surface area (Å²) in [6.45, 7) is 0.476. The van der Waals surface area contributed by atoms with Crippen LogP contribution in [0.1, 0.15) is 23.2 Å². The number of amides is 1. The molecule has 3 N–H and O–H groups in total. The summed E-state index contributed by atoms with van der Waals surface area (Å²) < 4.78 is 5.72. The number of aromatic nitrogens is 1. The van der Waals surface area contributed by atoms with Crippen molar-refractivity contribution in [3.63, 3.8) is 0 Å². The Labute approximate surface area is 129 Å². The van der Waals surface area contributed by atoms with Gasteiger partial charge in [-0.2, -0.15) is 0 Å². The zero-order valence-corrected chi connectivity index (χ0v) is 12.2. The van der Waals surface area contributed by atoms with Gasteiger partial charge in [0.15, 0.2) is 0 Å². The average molecular weight is 297 g/mol. The Bertz CT molecular complexity index is 641. The number of nitrogens with zero attached hydrogens (tertiary/aromatic N) is 1. The lowest BCUT2D eigenvalue weighted by molar-refractivity contribution is 0.0933. The van der Waals surface area contributed by atoms with Crippen LogP contribution in [0.5, 0.6) is 11.5 Å². The van der Waals surface area contributed by atoms with Gasteiger partial charge in [0.25, 0.3) is 5.91 Å². The summed E-state index contributed by atoms with van der Waals surface area (Å²) in [5, 5.41) is 3.01. The van der Waals surface area contributed by atoms with Crippen LogP contribution in [0, 0.1) is 5.92 Å². The highest BCUT2D eigenvalue weighted by atomic mass is 16.5. The molecule has 1 aliphatic carbocycles. The Kier molecular flexibility index (Phi) is 4.34. The first-order valence-corrected chi connectivity index (χ1v) is 7.45. The number of benzene rings is 1. The van der Waals surface area contributed by atoms with Gasteiger partial charge in [0, 0.05) is 30.5 Å². The number of pyridine rings is 1. The smallest absolute Gasteiger partial charge is 0.251 e. The van der Waals surface area contributed by atoms with E-state index in [1.54, 1.807) is 42.7 Å². The van der Waals surface area contributed by atoms with Crippen molar-refractivity contribution >= 4 is 5.91 Å². The monoisotopic (exact) mass is 297 g/mol. The number of rotatable bonds is 6. The van der Waals surface area contributed by atoms with Crippen LogP contribution in [0.15, 0.2) is 48.8 Å². The van der Waals surface area contributed by atoms with Crippen molar-refractivity contribution in [3.8, 4) is 11.5 Å². The molecule has 0 bridgehead atoms. The molecule has 5 nitrogen and oxygen atoms in total. The molecule has 0 spiro atoms. The standard InChI is InChI=1S/C17H19N3O2/c18-11-16(12-4-5-12)20-17(21)13-2-1-3-15(10-13)22-14-6-8-19-9-7-14/h1-3,6-10,12,16H,4-5,11,18H2,(H,20,21)/t16-/m0/s1. The Hall–Kier alpha value is -2.40. The Balaban J connectivity index is 1.69. The summed E-state index contributed by atoms with van der Waals surface area (Å²) in [7, 11) is 0. The highest BCUT2D eigenvalue weighted by molar-refractivity contribution is 5.94. The first-order valence-electron chi connectivity index (χ1n) is 7.45. The van der Waals surface area contributed by atoms with E-state index < -0.39 is 0 Å². The Morgan fingerprint density at radius 3 is 2.73 bits per heavy atom. The largest absolute Gasteiger partial charge is 0.457 e. The molecule has 114 valence electrons. The molecule has 1 aromatic heterocycles. The lowest BCUT2D eigenvalue weighted by atomic mass is 10.1. The summed E-state index contributed by atoms with van der Waals surface area (Å²) in [6.07, 6.45) is 5.61. The maximum atomic E-state index is 12.3. The van der Waals surface area contributed by atoms with Gasteiger partial charge in [-0.05, 0) is 49.1 Å². The Morgan fingerprint density at radius 2 is 2.05 bits per heavy atom. The molecule has 0 saturated heterocycles. The van der Waals surface area contributed by atoms with Crippen LogP contribution < -0.4 is 15.8 Å². The average Bonchev–Trinajstić information content (AvgIpc) is 3.38. The fourth-order valence-electron chi connectivity index (χ4n) is 2.36. The van der Waals surface area contributed by atoms with Crippen molar-refractivity contribution in [2.45, 2.75) is 18.9 Å². The maximum absolute atomic E-state index is 12.3. The third-order valence-corrected chi connectivity index (χ3v) is 3.74. The summed E-state index contributed by atoms with van der Waals surface area (Å²) in [5.41, 5.74) is 6.30. The van der Waals surface area contributed by atoms with Crippen LogP contribution in [0.25, 0.3) is 0 Å². The van der Waals surface area contributed by atoms with Crippen molar-refractivity contribution in [2.24, 2.45) is 11.7 Å². The summed E-state index contributed by atoms with van der Waals surface area (Å²) >= 11 is 0. The SMILES string of the molecule is NC[C@H](NC(=O)c1cccc(Oc2ccncc2)c1)C1CC1. The van der Waals surface area contributed by atoms with Gasteiger partial charge in [0.1, 0.15) is 11.5 Å². The van der Waals surface area contributed by atoms with E-state index >= 15 is 0 Å². The van der Waals surface area contributed by atoms with Crippen LogP contribution in [0.3, 0.4) is 0 Å². The minimum Gasteiger partial charge on any atom is -0.457 e. The molecule has 1 saturated carbocycles. The summed E-state index contributed by atoms with van der Waals surface area (Å²) in [5.74, 6) is 1.73. The van der Waals surface area contributed by atoms with E-state index in [2.05, 4.69) is 10.3 Å². The van der Waals surface area contributed by atoms with E-state index in [1.165, 1.54) is 0 Å². The van der Waals surface area contributed by atoms with Gasteiger partial charge >= 0.3 is 0 Å². The second kappa shape index (κ2) is 6.58. The number of hydrogen-bond acceptors (Lipinski definition) is 4. The van der Waals surface area contributed by atoms with Gasteiger partial charge < -0.3 is 15.8 Å². The topological polar surface area (TPSA) is 77.2 Å². The third kappa shape index (κ3) is 3.62. The first kappa shape index (κ1) is 14.5. The minimum absolute atomic E-state index is 0.0669. The van der Waals surface area contributed by atoms with Gasteiger partial charge in [0.2, 0.25) is 0 Å². The van der Waals surface area contributed by atoms with E-state index in [1.807, 2.05) is 6.07 Å². The van der Waals surface area contributed by atoms with Gasteiger partial charge in [-0.1, -0.05) is 6.07 Å². The van der Waals surface area contributed by atoms with Crippen LogP contribution in [0.2, 0.25) is 0 Å². The van der Waals surface area contributed by atoms with Crippen molar-refractivity contribution in [2.75, 3.05) is 6.54 Å². The highest BCUT2D eigenvalue weighted by Crippen LogP contribution is 2.32. The molecular formula is C17H19N3O2. The molecular weight excluding hydrogens is 278 g/mol. The summed E-state index contributed by atoms with van der Waals surface area (Å²) in [4.78, 5) is 16.3. The van der Waals surface area contributed by atoms with E-state index in [9.17, 15) is 4.79 Å². The van der Waals surface area contributed by atoms with Crippen molar-refractivity contribution in [1.82, 2.24) is 10.3 Å². The van der Waals surface area contributed by atoms with Crippen LogP contribution in [-0.2, 0) is 0 Å². The number of carbonyl (C=O) groups is 1. The summed E-state index contributed by atoms with van der Waals surface area (Å²) in [6, 6.07) is 10.7. The molecule has 5 heteroatoms. The van der Waals surface area contributed by atoms with E-state index in [4.69, 9.17) is 10.5 Å². The minimum atomic E-state index is -0.109. The number of hydrogen-bond donors (Lipinski definition) is 2. The van der Waals surface area contributed by atoms with Gasteiger partial charge in [-0.3, -0.25) is 9.78 Å². The molecule has 2 aromatic rings. The van der Waals surface area contributed by atoms with Gasteiger partial charge in [0.05, 0.1) is 0 Å². The number of nitrogens with one attached hydrogen (secondary N) is 1. The fourth-order valence-corrected chi connectivity index (χ4v) is 2.36. The molecule has 0 unspecified atom stereocenters. The molecule has 22 heavy (non-hydrogen) atoms. The lowest BCUT2D eigenvalue weighted by Crippen LogP contribution is -2.41. The molecule has 3 rings (SSSR count). The predicted molar refractivity (Wildman–Crippen MR) is 83.8 cm³/mol. The quantitative estimate of drug-likeness (QED) is 0.858. The molecule has 1 aliphatic rings. The number of nitrogens with two attached hydrogens (primary N) is 1. The third-order valence-electron chi connectivity index (χ3n) is 3.74. The van der Waals surface area contributed by atoms with Crippen LogP contribution >= 0.6 is 0 Å². The molecule has 1 heterocycles. The lowest BCUT2D eigenvalue weighted by Gasteiger charge is -2.16. The van der Waals surface area contributed by atoms with E-state index in [0.717, 1.165) is 12.8 Å². The second-order valence-electron chi connectivity index (χ2n) is 5.47. The van der Waals surface area contributed by atoms with Crippen LogP contribution in [0.4, 0.5) is 0 Å². The highest BCUT2D eigenvalue weighted by Gasteiger charge is 2.31. The van der Waals surface area contributed by atoms with E-state index in [-0.39, 0.29) is 11.9 Å². The zero-order chi connectivity index (χ0) is 15.4. The molecule has 1 atom stereocenters. The predicted octanol–water partition coefficient (Wildman–Crippen LogP) is 2.34. The van der Waals surface area contributed by atoms with E-state index in [0.29, 0.717) is 29.5 Å². The molecule has 1 fully saturated rings. The van der Waals surface area contributed by atoms with Gasteiger partial charge in [-0.15, -0.1) is 0 Å². The van der Waals surface area contributed by atoms with Gasteiger partial charge in [-0.25, -0.2) is 0 Å².